The van der Waals surface area contributed by atoms with Crippen LogP contribution >= 0.6 is 0 Å². The maximum absolute atomic E-state index is 5.43. The van der Waals surface area contributed by atoms with Gasteiger partial charge in [-0.25, -0.2) is 0 Å². The molecule has 1 unspecified atom stereocenters. The van der Waals surface area contributed by atoms with Crippen molar-refractivity contribution in [1.82, 2.24) is 0 Å². The molecule has 84 valence electrons. The van der Waals surface area contributed by atoms with E-state index in [1.165, 1.54) is 30.4 Å². The molecule has 1 rings (SSSR count). The Kier molecular flexibility index (Phi) is 4.67. The average Bonchev–Trinajstić information content (AvgIpc) is 2.26. The summed E-state index contributed by atoms with van der Waals surface area (Å²) in [6.45, 7) is 6.63. The van der Waals surface area contributed by atoms with Crippen molar-refractivity contribution in [2.24, 2.45) is 0 Å². The number of ether oxygens (including phenoxy) is 1. The van der Waals surface area contributed by atoms with Crippen LogP contribution in [0.3, 0.4) is 0 Å². The second-order valence-electron chi connectivity index (χ2n) is 4.14. The number of methoxy groups -OCH3 is 1. The molecule has 0 aliphatic heterocycles. The molecule has 0 saturated heterocycles. The number of hydrogen-bond acceptors (Lipinski definition) is 1. The van der Waals surface area contributed by atoms with Gasteiger partial charge in [-0.05, 0) is 37.3 Å². The highest BCUT2D eigenvalue weighted by atomic mass is 16.5. The molecule has 0 fully saturated rings. The molecule has 0 N–H and O–H groups in total. The summed E-state index contributed by atoms with van der Waals surface area (Å²) in [6, 6.07) is 6.46. The maximum Gasteiger partial charge on any atom is 0.122 e. The molecule has 0 aromatic heterocycles. The van der Waals surface area contributed by atoms with E-state index >= 15 is 0 Å². The topological polar surface area (TPSA) is 9.23 Å². The normalized spacial score (nSPS) is 12.5. The summed E-state index contributed by atoms with van der Waals surface area (Å²) >= 11 is 0. The summed E-state index contributed by atoms with van der Waals surface area (Å²) in [5.41, 5.74) is 2.70. The third-order valence-electron chi connectivity index (χ3n) is 2.95. The van der Waals surface area contributed by atoms with Crippen molar-refractivity contribution in [3.8, 4) is 5.75 Å². The van der Waals surface area contributed by atoms with Gasteiger partial charge in [0, 0.05) is 0 Å². The zero-order valence-electron chi connectivity index (χ0n) is 10.3. The van der Waals surface area contributed by atoms with Gasteiger partial charge in [0.2, 0.25) is 0 Å². The molecule has 0 aliphatic rings. The van der Waals surface area contributed by atoms with Crippen LogP contribution in [0.15, 0.2) is 18.2 Å². The second kappa shape index (κ2) is 5.79. The summed E-state index contributed by atoms with van der Waals surface area (Å²) in [5, 5.41) is 0. The van der Waals surface area contributed by atoms with Gasteiger partial charge in [-0.15, -0.1) is 0 Å². The number of rotatable bonds is 5. The molecule has 1 nitrogen and oxygen atoms in total. The van der Waals surface area contributed by atoms with Crippen LogP contribution in [0.2, 0.25) is 0 Å². The van der Waals surface area contributed by atoms with Gasteiger partial charge in [-0.1, -0.05) is 38.0 Å². The molecule has 1 heteroatoms. The highest BCUT2D eigenvalue weighted by molar-refractivity contribution is 5.39. The zero-order chi connectivity index (χ0) is 11.3. The minimum absolute atomic E-state index is 0.643. The van der Waals surface area contributed by atoms with Crippen LogP contribution in [0.1, 0.15) is 50.2 Å². The Morgan fingerprint density at radius 2 is 2.00 bits per heavy atom. The molecule has 15 heavy (non-hydrogen) atoms. The minimum Gasteiger partial charge on any atom is -0.496 e. The van der Waals surface area contributed by atoms with Crippen molar-refractivity contribution in [2.45, 2.75) is 46.0 Å². The van der Waals surface area contributed by atoms with Crippen molar-refractivity contribution in [3.63, 3.8) is 0 Å². The fraction of sp³-hybridized carbons (Fsp3) is 0.571. The first-order valence-corrected chi connectivity index (χ1v) is 5.87. The molecular formula is C14H22O. The van der Waals surface area contributed by atoms with Crippen LogP contribution in [-0.4, -0.2) is 7.11 Å². The molecule has 0 heterocycles. The van der Waals surface area contributed by atoms with E-state index in [0.717, 1.165) is 5.75 Å². The first-order valence-electron chi connectivity index (χ1n) is 5.87. The second-order valence-corrected chi connectivity index (χ2v) is 4.14. The van der Waals surface area contributed by atoms with E-state index in [1.54, 1.807) is 7.11 Å². The van der Waals surface area contributed by atoms with Crippen molar-refractivity contribution >= 4 is 0 Å². The lowest BCUT2D eigenvalue weighted by molar-refractivity contribution is 0.402. The van der Waals surface area contributed by atoms with Crippen LogP contribution in [0.4, 0.5) is 0 Å². The number of hydrogen-bond donors (Lipinski definition) is 0. The largest absolute Gasteiger partial charge is 0.496 e. The molecule has 0 saturated carbocycles. The Balaban J connectivity index is 3.02. The zero-order valence-corrected chi connectivity index (χ0v) is 10.3. The lowest BCUT2D eigenvalue weighted by Crippen LogP contribution is -2.00. The van der Waals surface area contributed by atoms with Crippen LogP contribution in [0, 0.1) is 6.92 Å². The molecule has 0 aliphatic carbocycles. The van der Waals surface area contributed by atoms with E-state index in [1.807, 2.05) is 0 Å². The Bertz CT molecular complexity index is 304. The molecule has 1 aromatic rings. The van der Waals surface area contributed by atoms with E-state index in [0.29, 0.717) is 5.92 Å². The first-order chi connectivity index (χ1) is 7.22. The van der Waals surface area contributed by atoms with E-state index in [2.05, 4.69) is 39.0 Å². The van der Waals surface area contributed by atoms with Gasteiger partial charge in [-0.3, -0.25) is 0 Å². The van der Waals surface area contributed by atoms with Gasteiger partial charge in [0.25, 0.3) is 0 Å². The number of aryl methyl sites for hydroxylation is 1. The first kappa shape index (κ1) is 12.1. The predicted octanol–water partition coefficient (Wildman–Crippen LogP) is 4.30. The Hall–Kier alpha value is -0.980. The van der Waals surface area contributed by atoms with E-state index in [4.69, 9.17) is 4.74 Å². The molecule has 0 spiro atoms. The van der Waals surface area contributed by atoms with Gasteiger partial charge in [0.1, 0.15) is 5.75 Å². The number of benzene rings is 1. The SMILES string of the molecule is CCCC(CC)c1cc(C)ccc1OC. The molecule has 0 bridgehead atoms. The van der Waals surface area contributed by atoms with Gasteiger partial charge >= 0.3 is 0 Å². The average molecular weight is 206 g/mol. The molecule has 0 amide bonds. The van der Waals surface area contributed by atoms with E-state index in [9.17, 15) is 0 Å². The monoisotopic (exact) mass is 206 g/mol. The van der Waals surface area contributed by atoms with Crippen molar-refractivity contribution in [2.75, 3.05) is 7.11 Å². The summed E-state index contributed by atoms with van der Waals surface area (Å²) < 4.78 is 5.43. The quantitative estimate of drug-likeness (QED) is 0.698. The smallest absolute Gasteiger partial charge is 0.122 e. The van der Waals surface area contributed by atoms with Crippen LogP contribution in [0.25, 0.3) is 0 Å². The van der Waals surface area contributed by atoms with Gasteiger partial charge < -0.3 is 4.74 Å². The fourth-order valence-corrected chi connectivity index (χ4v) is 2.10. The highest BCUT2D eigenvalue weighted by Gasteiger charge is 2.13. The van der Waals surface area contributed by atoms with Gasteiger partial charge in [0.15, 0.2) is 0 Å². The fourth-order valence-electron chi connectivity index (χ4n) is 2.10. The third-order valence-corrected chi connectivity index (χ3v) is 2.95. The summed E-state index contributed by atoms with van der Waals surface area (Å²) in [6.07, 6.45) is 3.67. The van der Waals surface area contributed by atoms with Gasteiger partial charge in [0.05, 0.1) is 7.11 Å². The molecule has 1 aromatic carbocycles. The summed E-state index contributed by atoms with van der Waals surface area (Å²) in [4.78, 5) is 0. The highest BCUT2D eigenvalue weighted by Crippen LogP contribution is 2.32. The Morgan fingerprint density at radius 1 is 1.27 bits per heavy atom. The van der Waals surface area contributed by atoms with E-state index < -0.39 is 0 Å². The predicted molar refractivity (Wildman–Crippen MR) is 65.7 cm³/mol. The Labute approximate surface area is 93.5 Å². The van der Waals surface area contributed by atoms with Crippen molar-refractivity contribution in [3.05, 3.63) is 29.3 Å². The van der Waals surface area contributed by atoms with Crippen LogP contribution in [0.5, 0.6) is 5.75 Å². The minimum atomic E-state index is 0.643. The molecule has 1 atom stereocenters. The standard InChI is InChI=1S/C14H22O/c1-5-7-12(6-2)13-10-11(3)8-9-14(13)15-4/h8-10,12H,5-7H2,1-4H3. The van der Waals surface area contributed by atoms with Crippen LogP contribution in [-0.2, 0) is 0 Å². The summed E-state index contributed by atoms with van der Waals surface area (Å²) in [7, 11) is 1.76. The lowest BCUT2D eigenvalue weighted by atomic mass is 9.90. The lowest BCUT2D eigenvalue weighted by Gasteiger charge is -2.18. The Morgan fingerprint density at radius 3 is 2.53 bits per heavy atom. The van der Waals surface area contributed by atoms with Crippen molar-refractivity contribution in [1.29, 1.82) is 0 Å². The summed E-state index contributed by atoms with van der Waals surface area (Å²) in [5.74, 6) is 1.69. The van der Waals surface area contributed by atoms with Crippen LogP contribution < -0.4 is 4.74 Å². The van der Waals surface area contributed by atoms with E-state index in [-0.39, 0.29) is 0 Å². The maximum atomic E-state index is 5.43. The third kappa shape index (κ3) is 2.98. The molecular weight excluding hydrogens is 184 g/mol. The van der Waals surface area contributed by atoms with Crippen molar-refractivity contribution < 1.29 is 4.74 Å². The van der Waals surface area contributed by atoms with Gasteiger partial charge in [-0.2, -0.15) is 0 Å². The molecule has 0 radical (unpaired) electrons.